The second kappa shape index (κ2) is 4.53. The molecule has 1 aromatic rings. The summed E-state index contributed by atoms with van der Waals surface area (Å²) in [6.07, 6.45) is -3.88. The fourth-order valence-corrected chi connectivity index (χ4v) is 2.29. The van der Waals surface area contributed by atoms with Crippen LogP contribution in [0.3, 0.4) is 0 Å². The van der Waals surface area contributed by atoms with Crippen molar-refractivity contribution in [2.24, 2.45) is 4.99 Å². The van der Waals surface area contributed by atoms with E-state index in [9.17, 15) is 21.6 Å². The third-order valence-corrected chi connectivity index (χ3v) is 4.12. The van der Waals surface area contributed by atoms with Crippen LogP contribution in [-0.4, -0.2) is 13.6 Å². The number of rotatable bonds is 1. The van der Waals surface area contributed by atoms with Crippen molar-refractivity contribution in [1.29, 1.82) is 0 Å². The molecule has 1 heterocycles. The molecule has 4 nitrogen and oxygen atoms in total. The Morgan fingerprint density at radius 2 is 1.84 bits per heavy atom. The Kier molecular flexibility index (Phi) is 3.31. The molecular weight excluding hydrogens is 307 g/mol. The Morgan fingerprint density at radius 1 is 1.21 bits per heavy atom. The third kappa shape index (κ3) is 2.59. The highest BCUT2D eigenvalue weighted by atomic mass is 35.5. The standard InChI is InChI=1S/C10H5ClF3NO3S/c11-8-5-15-9(19(8,16)17)18-7-4-2-1-3-6(7)10(12,13)14/h1-5H. The molecule has 19 heavy (non-hydrogen) atoms. The molecule has 0 aliphatic carbocycles. The van der Waals surface area contributed by atoms with E-state index in [0.717, 1.165) is 24.4 Å². The predicted molar refractivity (Wildman–Crippen MR) is 62.4 cm³/mol. The average Bonchev–Trinajstić information content (AvgIpc) is 2.55. The van der Waals surface area contributed by atoms with Crippen LogP contribution >= 0.6 is 11.6 Å². The van der Waals surface area contributed by atoms with E-state index < -0.39 is 36.9 Å². The summed E-state index contributed by atoms with van der Waals surface area (Å²) in [4.78, 5) is 3.33. The van der Waals surface area contributed by atoms with Crippen LogP contribution in [0, 0.1) is 0 Å². The number of hydrogen-bond acceptors (Lipinski definition) is 4. The molecule has 2 rings (SSSR count). The van der Waals surface area contributed by atoms with Crippen LogP contribution in [0.4, 0.5) is 13.2 Å². The maximum atomic E-state index is 12.7. The van der Waals surface area contributed by atoms with Crippen molar-refractivity contribution in [1.82, 2.24) is 0 Å². The lowest BCUT2D eigenvalue weighted by Crippen LogP contribution is -2.20. The van der Waals surface area contributed by atoms with Crippen LogP contribution in [0.15, 0.2) is 39.8 Å². The van der Waals surface area contributed by atoms with Gasteiger partial charge in [-0.2, -0.15) is 13.2 Å². The summed E-state index contributed by atoms with van der Waals surface area (Å²) in [5.41, 5.74) is -1.10. The minimum atomic E-state index is -4.67. The molecule has 0 aromatic heterocycles. The number of halogens is 4. The van der Waals surface area contributed by atoms with Crippen LogP contribution in [-0.2, 0) is 16.0 Å². The summed E-state index contributed by atoms with van der Waals surface area (Å²) in [5.74, 6) is -0.655. The SMILES string of the molecule is O=S1(=O)C(Cl)=CN=C1Oc1ccccc1C(F)(F)F. The first-order chi connectivity index (χ1) is 8.73. The minimum absolute atomic E-state index is 0.605. The fraction of sp³-hybridized carbons (Fsp3) is 0.100. The van der Waals surface area contributed by atoms with Gasteiger partial charge in [-0.3, -0.25) is 0 Å². The van der Waals surface area contributed by atoms with Crippen molar-refractivity contribution in [2.45, 2.75) is 6.18 Å². The van der Waals surface area contributed by atoms with Crippen LogP contribution in [0.5, 0.6) is 5.75 Å². The van der Waals surface area contributed by atoms with Crippen molar-refractivity contribution in [3.63, 3.8) is 0 Å². The quantitative estimate of drug-likeness (QED) is 0.801. The van der Waals surface area contributed by atoms with E-state index in [1.165, 1.54) is 6.07 Å². The lowest BCUT2D eigenvalue weighted by molar-refractivity contribution is -0.138. The smallest absolute Gasteiger partial charge is 0.419 e. The number of aliphatic imine (C=N–C) groups is 1. The molecular formula is C10H5ClF3NO3S. The molecule has 0 N–H and O–H groups in total. The molecule has 1 aliphatic rings. The topological polar surface area (TPSA) is 55.7 Å². The van der Waals surface area contributed by atoms with Gasteiger partial charge in [-0.25, -0.2) is 13.4 Å². The van der Waals surface area contributed by atoms with Gasteiger partial charge in [-0.1, -0.05) is 23.7 Å². The number of benzene rings is 1. The lowest BCUT2D eigenvalue weighted by Gasteiger charge is -2.12. The molecule has 0 fully saturated rings. The molecule has 0 bridgehead atoms. The number of sulfone groups is 1. The number of nitrogens with zero attached hydrogens (tertiary/aromatic N) is 1. The van der Waals surface area contributed by atoms with Crippen molar-refractivity contribution >= 4 is 26.7 Å². The third-order valence-electron chi connectivity index (χ3n) is 2.15. The van der Waals surface area contributed by atoms with Crippen LogP contribution in [0.1, 0.15) is 5.56 Å². The van der Waals surface area contributed by atoms with Gasteiger partial charge in [-0.15, -0.1) is 0 Å². The zero-order chi connectivity index (χ0) is 14.3. The number of para-hydroxylation sites is 1. The van der Waals surface area contributed by atoms with E-state index in [2.05, 4.69) is 4.99 Å². The number of ether oxygens (including phenoxy) is 1. The van der Waals surface area contributed by atoms with E-state index in [-0.39, 0.29) is 0 Å². The van der Waals surface area contributed by atoms with Gasteiger partial charge in [0, 0.05) is 0 Å². The second-order valence-electron chi connectivity index (χ2n) is 3.43. The summed E-state index contributed by atoms with van der Waals surface area (Å²) in [6.45, 7) is 0. The summed E-state index contributed by atoms with van der Waals surface area (Å²) < 4.78 is 65.2. The summed E-state index contributed by atoms with van der Waals surface area (Å²) >= 11 is 5.35. The Labute approximate surface area is 111 Å². The Hall–Kier alpha value is -1.54. The molecule has 102 valence electrons. The van der Waals surface area contributed by atoms with E-state index in [1.807, 2.05) is 0 Å². The Morgan fingerprint density at radius 3 is 2.37 bits per heavy atom. The van der Waals surface area contributed by atoms with E-state index >= 15 is 0 Å². The van der Waals surface area contributed by atoms with Crippen molar-refractivity contribution in [3.8, 4) is 5.75 Å². The molecule has 0 radical (unpaired) electrons. The normalized spacial score (nSPS) is 17.9. The van der Waals surface area contributed by atoms with Crippen molar-refractivity contribution in [3.05, 3.63) is 40.4 Å². The van der Waals surface area contributed by atoms with E-state index in [4.69, 9.17) is 16.3 Å². The van der Waals surface area contributed by atoms with Crippen LogP contribution in [0.25, 0.3) is 0 Å². The van der Waals surface area contributed by atoms with Gasteiger partial charge in [-0.05, 0) is 12.1 Å². The maximum Gasteiger partial charge on any atom is 0.419 e. The average molecular weight is 312 g/mol. The molecule has 1 aliphatic heterocycles. The van der Waals surface area contributed by atoms with Gasteiger partial charge < -0.3 is 4.74 Å². The zero-order valence-electron chi connectivity index (χ0n) is 8.98. The van der Waals surface area contributed by atoms with E-state index in [1.54, 1.807) is 0 Å². The highest BCUT2D eigenvalue weighted by Gasteiger charge is 2.37. The van der Waals surface area contributed by atoms with Gasteiger partial charge in [0.2, 0.25) is 0 Å². The molecule has 1 aromatic carbocycles. The zero-order valence-corrected chi connectivity index (χ0v) is 10.6. The Bertz CT molecular complexity index is 680. The molecule has 0 saturated heterocycles. The van der Waals surface area contributed by atoms with Crippen LogP contribution < -0.4 is 4.74 Å². The first-order valence-electron chi connectivity index (χ1n) is 4.75. The van der Waals surface area contributed by atoms with Crippen molar-refractivity contribution in [2.75, 3.05) is 0 Å². The number of alkyl halides is 3. The monoisotopic (exact) mass is 311 g/mol. The van der Waals surface area contributed by atoms with Crippen LogP contribution in [0.2, 0.25) is 0 Å². The summed E-state index contributed by atoms with van der Waals surface area (Å²) in [5, 5.41) is -0.880. The summed E-state index contributed by atoms with van der Waals surface area (Å²) in [6, 6.07) is 4.20. The first kappa shape index (κ1) is 13.9. The fourth-order valence-electron chi connectivity index (χ4n) is 1.29. The second-order valence-corrected chi connectivity index (χ2v) is 5.85. The van der Waals surface area contributed by atoms with Crippen molar-refractivity contribution < 1.29 is 26.3 Å². The maximum absolute atomic E-state index is 12.7. The highest BCUT2D eigenvalue weighted by Crippen LogP contribution is 2.36. The lowest BCUT2D eigenvalue weighted by atomic mass is 10.2. The van der Waals surface area contributed by atoms with E-state index in [0.29, 0.717) is 0 Å². The minimum Gasteiger partial charge on any atom is -0.429 e. The predicted octanol–water partition coefficient (Wildman–Crippen LogP) is 2.91. The van der Waals surface area contributed by atoms with Gasteiger partial charge in [0.15, 0.2) is 4.36 Å². The van der Waals surface area contributed by atoms with Gasteiger partial charge >= 0.3 is 11.4 Å². The van der Waals surface area contributed by atoms with Gasteiger partial charge in [0.1, 0.15) is 5.75 Å². The Balaban J connectivity index is 2.38. The molecule has 0 saturated carbocycles. The first-order valence-corrected chi connectivity index (χ1v) is 6.61. The molecule has 0 atom stereocenters. The molecule has 0 amide bonds. The molecule has 9 heteroatoms. The van der Waals surface area contributed by atoms with Gasteiger partial charge in [0.05, 0.1) is 11.8 Å². The molecule has 0 spiro atoms. The largest absolute Gasteiger partial charge is 0.429 e. The molecule has 0 unspecified atom stereocenters. The van der Waals surface area contributed by atoms with Gasteiger partial charge in [0.25, 0.3) is 9.84 Å². The highest BCUT2D eigenvalue weighted by molar-refractivity contribution is 8.10. The number of hydrogen-bond donors (Lipinski definition) is 0. The summed E-state index contributed by atoms with van der Waals surface area (Å²) in [7, 11) is -4.14.